The number of nitrogens with zero attached hydrogens (tertiary/aromatic N) is 2. The van der Waals surface area contributed by atoms with Crippen LogP contribution in [0.25, 0.3) is 38.6 Å². The van der Waals surface area contributed by atoms with E-state index < -0.39 is 35.6 Å². The minimum atomic E-state index is -0.732. The summed E-state index contributed by atoms with van der Waals surface area (Å²) in [6.07, 6.45) is 1.65. The molecule has 0 unspecified atom stereocenters. The fourth-order valence-electron chi connectivity index (χ4n) is 4.15. The molecule has 0 amide bonds. The second-order valence-corrected chi connectivity index (χ2v) is 7.49. The number of aromatic nitrogens is 2. The molecule has 0 N–H and O–H groups in total. The minimum absolute atomic E-state index is 0.0330. The van der Waals surface area contributed by atoms with E-state index in [2.05, 4.69) is 4.98 Å². The highest BCUT2D eigenvalue weighted by Crippen LogP contribution is 2.45. The normalized spacial score (nSPS) is 18.9. The average molecular weight is 370 g/mol. The Balaban J connectivity index is 1.74. The maximum atomic E-state index is 8.70. The van der Waals surface area contributed by atoms with E-state index in [1.54, 1.807) is 18.5 Å². The lowest BCUT2D eigenvalue weighted by Crippen LogP contribution is -2.26. The van der Waals surface area contributed by atoms with E-state index in [4.69, 9.17) is 12.3 Å². The van der Waals surface area contributed by atoms with Crippen LogP contribution < -0.4 is 0 Å². The molecule has 28 heavy (non-hydrogen) atoms. The van der Waals surface area contributed by atoms with Gasteiger partial charge in [-0.05, 0) is 51.2 Å². The Hall–Kier alpha value is -3.39. The zero-order valence-electron chi connectivity index (χ0n) is 24.3. The number of hydrogen-bond donors (Lipinski definition) is 0. The number of rotatable bonds is 1. The van der Waals surface area contributed by atoms with E-state index >= 15 is 0 Å². The molecule has 0 radical (unpaired) electrons. The second kappa shape index (κ2) is 5.32. The summed E-state index contributed by atoms with van der Waals surface area (Å²) in [6.45, 7) is 3.90. The van der Waals surface area contributed by atoms with Gasteiger partial charge >= 0.3 is 0 Å². The van der Waals surface area contributed by atoms with Crippen LogP contribution in [0.3, 0.4) is 0 Å². The van der Waals surface area contributed by atoms with E-state index in [1.807, 2.05) is 30.5 Å². The van der Waals surface area contributed by atoms with Crippen molar-refractivity contribution >= 4 is 21.8 Å². The van der Waals surface area contributed by atoms with Gasteiger partial charge in [-0.1, -0.05) is 74.3 Å². The molecule has 1 aromatic heterocycles. The zero-order valence-corrected chi connectivity index (χ0v) is 15.3. The van der Waals surface area contributed by atoms with Crippen LogP contribution in [0.2, 0.25) is 0 Å². The van der Waals surface area contributed by atoms with Crippen molar-refractivity contribution in [1.29, 1.82) is 0 Å². The van der Waals surface area contributed by atoms with Crippen molar-refractivity contribution in [2.75, 3.05) is 0 Å². The van der Waals surface area contributed by atoms with Gasteiger partial charge in [0.05, 0.1) is 29.1 Å². The summed E-state index contributed by atoms with van der Waals surface area (Å²) < 4.78 is 77.5. The molecule has 0 saturated heterocycles. The molecule has 0 bridgehead atoms. The highest BCUT2D eigenvalue weighted by Gasteiger charge is 2.34. The monoisotopic (exact) mass is 369 g/mol. The van der Waals surface area contributed by atoms with Gasteiger partial charge in [0, 0.05) is 5.41 Å². The Morgan fingerprint density at radius 2 is 1.75 bits per heavy atom. The molecule has 6 rings (SSSR count). The molecule has 2 nitrogen and oxygen atoms in total. The Morgan fingerprint density at radius 1 is 0.893 bits per heavy atom. The lowest BCUT2D eigenvalue weighted by atomic mass is 9.74. The molecule has 2 heterocycles. The van der Waals surface area contributed by atoms with Crippen molar-refractivity contribution < 1.29 is 12.3 Å². The molecule has 0 saturated carbocycles. The van der Waals surface area contributed by atoms with Gasteiger partial charge in [-0.3, -0.25) is 4.57 Å². The van der Waals surface area contributed by atoms with Gasteiger partial charge in [-0.25, -0.2) is 4.98 Å². The topological polar surface area (TPSA) is 17.8 Å². The highest BCUT2D eigenvalue weighted by atomic mass is 15.1. The molecule has 0 fully saturated rings. The first-order valence-corrected chi connectivity index (χ1v) is 9.00. The van der Waals surface area contributed by atoms with Crippen molar-refractivity contribution in [2.45, 2.75) is 19.3 Å². The summed E-state index contributed by atoms with van der Waals surface area (Å²) in [7, 11) is 0. The zero-order chi connectivity index (χ0) is 26.7. The van der Waals surface area contributed by atoms with Crippen LogP contribution in [0.4, 0.5) is 0 Å². The summed E-state index contributed by atoms with van der Waals surface area (Å²) in [4.78, 5) is 4.45. The molecular formula is C26H20N2. The number of para-hydroxylation sites is 1. The van der Waals surface area contributed by atoms with Gasteiger partial charge < -0.3 is 0 Å². The Kier molecular flexibility index (Phi) is 1.75. The molecule has 1 aliphatic rings. The van der Waals surface area contributed by atoms with E-state index in [1.165, 1.54) is 0 Å². The van der Waals surface area contributed by atoms with Crippen LogP contribution in [0.5, 0.6) is 0 Å². The van der Waals surface area contributed by atoms with Crippen molar-refractivity contribution in [2.24, 2.45) is 0 Å². The molecule has 0 atom stereocenters. The maximum absolute atomic E-state index is 8.70. The van der Waals surface area contributed by atoms with Crippen LogP contribution in [-0.2, 0) is 5.41 Å². The maximum Gasteiger partial charge on any atom is 0.100 e. The summed E-state index contributed by atoms with van der Waals surface area (Å²) in [5, 5.41) is -0.0569. The summed E-state index contributed by atoms with van der Waals surface area (Å²) in [6, 6.07) is 4.29. The molecule has 0 aliphatic carbocycles. The average Bonchev–Trinajstić information content (AvgIpc) is 3.27. The van der Waals surface area contributed by atoms with E-state index in [0.717, 1.165) is 16.8 Å². The lowest BCUT2D eigenvalue weighted by Gasteiger charge is -2.34. The number of hydrogen-bond acceptors (Lipinski definition) is 1. The Labute approximate surface area is 176 Å². The van der Waals surface area contributed by atoms with E-state index in [-0.39, 0.29) is 40.5 Å². The summed E-state index contributed by atoms with van der Waals surface area (Å²) >= 11 is 0. The quantitative estimate of drug-likeness (QED) is 0.330. The number of fused-ring (bicyclic) bond motifs is 3. The van der Waals surface area contributed by atoms with Crippen molar-refractivity contribution in [1.82, 2.24) is 9.55 Å². The fraction of sp³-hybridized carbons (Fsp3) is 0.115. The molecule has 134 valence electrons. The van der Waals surface area contributed by atoms with E-state index in [9.17, 15) is 0 Å². The lowest BCUT2D eigenvalue weighted by molar-refractivity contribution is 0.628. The van der Waals surface area contributed by atoms with Gasteiger partial charge in [-0.2, -0.15) is 0 Å². The largest absolute Gasteiger partial charge is 0.298 e. The van der Waals surface area contributed by atoms with Gasteiger partial charge in [0.15, 0.2) is 0 Å². The van der Waals surface area contributed by atoms with Crippen LogP contribution >= 0.6 is 0 Å². The number of benzene rings is 4. The van der Waals surface area contributed by atoms with Crippen LogP contribution in [-0.4, -0.2) is 9.55 Å². The fourth-order valence-corrected chi connectivity index (χ4v) is 4.15. The molecule has 4 aromatic carbocycles. The molecule has 2 heteroatoms. The summed E-state index contributed by atoms with van der Waals surface area (Å²) in [5.74, 6) is 0. The Morgan fingerprint density at radius 3 is 2.68 bits per heavy atom. The first-order chi connectivity index (χ1) is 17.4. The summed E-state index contributed by atoms with van der Waals surface area (Å²) in [5.41, 5.74) is 3.52. The Bertz CT molecular complexity index is 1850. The highest BCUT2D eigenvalue weighted by molar-refractivity contribution is 5.97. The molecular weight excluding hydrogens is 340 g/mol. The molecule has 0 spiro atoms. The van der Waals surface area contributed by atoms with Gasteiger partial charge in [0.2, 0.25) is 0 Å². The van der Waals surface area contributed by atoms with Gasteiger partial charge in [0.1, 0.15) is 6.33 Å². The molecule has 1 aliphatic heterocycles. The first-order valence-electron chi connectivity index (χ1n) is 13.5. The third-order valence-corrected chi connectivity index (χ3v) is 5.59. The second-order valence-electron chi connectivity index (χ2n) is 7.49. The van der Waals surface area contributed by atoms with Crippen LogP contribution in [0.15, 0.2) is 85.0 Å². The van der Waals surface area contributed by atoms with Crippen LogP contribution in [0.1, 0.15) is 37.3 Å². The predicted octanol–water partition coefficient (Wildman–Crippen LogP) is 6.49. The third-order valence-electron chi connectivity index (χ3n) is 5.59. The standard InChI is InChI=1S/C26H20N2/c1-26(2)21-11-6-12-23-25(21)28(16-27-23)24-14-13-18(15-22(24)26)20-10-5-8-17-7-3-4-9-19(17)20/h3-16H,1-2H3/i3D,4D,5D,6D,7D,8D,9D,10D,11D. The van der Waals surface area contributed by atoms with Gasteiger partial charge in [0.25, 0.3) is 0 Å². The first kappa shape index (κ1) is 9.20. The van der Waals surface area contributed by atoms with Crippen molar-refractivity contribution in [3.8, 4) is 16.8 Å². The van der Waals surface area contributed by atoms with Crippen molar-refractivity contribution in [3.05, 3.63) is 96.1 Å². The predicted molar refractivity (Wildman–Crippen MR) is 116 cm³/mol. The third kappa shape index (κ3) is 1.95. The smallest absolute Gasteiger partial charge is 0.100 e. The molecule has 5 aromatic rings. The van der Waals surface area contributed by atoms with Gasteiger partial charge in [-0.15, -0.1) is 0 Å². The van der Waals surface area contributed by atoms with Crippen LogP contribution in [0, 0.1) is 0 Å². The van der Waals surface area contributed by atoms with Crippen molar-refractivity contribution in [3.63, 3.8) is 0 Å². The number of imidazole rings is 1. The SMILES string of the molecule is [2H]c1cc2ncn3c2c(c1[2H])C(C)(C)c1cc(-c2c([2H])c([2H])c([2H])c4c([2H])c([2H])c([2H])c([2H])c24)ccc1-3. The van der Waals surface area contributed by atoms with E-state index in [0.29, 0.717) is 16.6 Å². The minimum Gasteiger partial charge on any atom is -0.298 e.